The van der Waals surface area contributed by atoms with Gasteiger partial charge in [0.25, 0.3) is 0 Å². The third kappa shape index (κ3) is 3.73. The summed E-state index contributed by atoms with van der Waals surface area (Å²) >= 11 is 1.71. The molecule has 3 nitrogen and oxygen atoms in total. The number of fused-ring (bicyclic) bond motifs is 1. The number of benzene rings is 2. The number of nitrogens with zero attached hydrogens (tertiary/aromatic N) is 1. The molecule has 2 amide bonds. The summed E-state index contributed by atoms with van der Waals surface area (Å²) in [5.74, 6) is 0.661. The molecule has 5 heteroatoms. The molecule has 0 aromatic heterocycles. The maximum absolute atomic E-state index is 13.6. The standard InChI is InChI=1S/C19H21FN2OS/c1-13-5-3-4-6-14(13)12-22(2)19(23)21-17-9-10-24-18-8-7-15(20)11-16(17)18/h3-8,11,17H,9-10,12H2,1-2H3,(H,21,23). The Bertz CT molecular complexity index is 750. The molecule has 2 aromatic carbocycles. The van der Waals surface area contributed by atoms with Crippen molar-refractivity contribution in [2.24, 2.45) is 0 Å². The summed E-state index contributed by atoms with van der Waals surface area (Å²) < 4.78 is 13.6. The average molecular weight is 344 g/mol. The van der Waals surface area contributed by atoms with Crippen molar-refractivity contribution in [1.82, 2.24) is 10.2 Å². The van der Waals surface area contributed by atoms with Gasteiger partial charge in [-0.05, 0) is 48.2 Å². The molecule has 2 aromatic rings. The van der Waals surface area contributed by atoms with Gasteiger partial charge in [-0.2, -0.15) is 0 Å². The van der Waals surface area contributed by atoms with Crippen LogP contribution in [0.15, 0.2) is 47.4 Å². The highest BCUT2D eigenvalue weighted by atomic mass is 32.2. The van der Waals surface area contributed by atoms with Crippen LogP contribution in [0, 0.1) is 12.7 Å². The van der Waals surface area contributed by atoms with Gasteiger partial charge in [0, 0.05) is 24.2 Å². The maximum Gasteiger partial charge on any atom is 0.317 e. The molecule has 1 unspecified atom stereocenters. The van der Waals surface area contributed by atoms with Crippen LogP contribution in [0.2, 0.25) is 0 Å². The lowest BCUT2D eigenvalue weighted by molar-refractivity contribution is 0.202. The smallest absolute Gasteiger partial charge is 0.317 e. The van der Waals surface area contributed by atoms with E-state index in [9.17, 15) is 9.18 Å². The molecule has 126 valence electrons. The van der Waals surface area contributed by atoms with E-state index in [1.54, 1.807) is 29.8 Å². The van der Waals surface area contributed by atoms with Gasteiger partial charge in [0.05, 0.1) is 6.04 Å². The number of urea groups is 1. The summed E-state index contributed by atoms with van der Waals surface area (Å²) in [6.45, 7) is 2.59. The fourth-order valence-electron chi connectivity index (χ4n) is 2.89. The van der Waals surface area contributed by atoms with E-state index in [0.717, 1.165) is 28.2 Å². The first-order chi connectivity index (χ1) is 11.5. The minimum Gasteiger partial charge on any atom is -0.331 e. The lowest BCUT2D eigenvalue weighted by Gasteiger charge is -2.28. The predicted octanol–water partition coefficient (Wildman–Crippen LogP) is 4.51. The van der Waals surface area contributed by atoms with Crippen LogP contribution in [0.5, 0.6) is 0 Å². The molecule has 0 saturated carbocycles. The predicted molar refractivity (Wildman–Crippen MR) is 95.7 cm³/mol. The van der Waals surface area contributed by atoms with Crippen LogP contribution in [0.25, 0.3) is 0 Å². The van der Waals surface area contributed by atoms with Crippen molar-refractivity contribution in [3.05, 3.63) is 65.0 Å². The highest BCUT2D eigenvalue weighted by molar-refractivity contribution is 7.99. The molecule has 0 bridgehead atoms. The Labute approximate surface area is 146 Å². The molecule has 0 aliphatic carbocycles. The van der Waals surface area contributed by atoms with E-state index in [2.05, 4.69) is 5.32 Å². The number of rotatable bonds is 3. The van der Waals surface area contributed by atoms with Crippen molar-refractivity contribution in [3.63, 3.8) is 0 Å². The molecule has 3 rings (SSSR count). The Balaban J connectivity index is 1.69. The number of hydrogen-bond donors (Lipinski definition) is 1. The molecule has 0 radical (unpaired) electrons. The van der Waals surface area contributed by atoms with Gasteiger partial charge in [0.1, 0.15) is 5.82 Å². The Morgan fingerprint density at radius 1 is 1.33 bits per heavy atom. The first-order valence-electron chi connectivity index (χ1n) is 8.03. The molecule has 0 spiro atoms. The lowest BCUT2D eigenvalue weighted by Crippen LogP contribution is -2.40. The van der Waals surface area contributed by atoms with Crippen molar-refractivity contribution in [2.75, 3.05) is 12.8 Å². The summed E-state index contributed by atoms with van der Waals surface area (Å²) in [5, 5.41) is 3.05. The zero-order valence-corrected chi connectivity index (χ0v) is 14.7. The average Bonchev–Trinajstić information content (AvgIpc) is 2.57. The van der Waals surface area contributed by atoms with E-state index in [-0.39, 0.29) is 17.9 Å². The quantitative estimate of drug-likeness (QED) is 0.888. The summed E-state index contributed by atoms with van der Waals surface area (Å²) in [6.07, 6.45) is 0.811. The maximum atomic E-state index is 13.6. The minimum absolute atomic E-state index is 0.134. The van der Waals surface area contributed by atoms with Crippen LogP contribution in [0.4, 0.5) is 9.18 Å². The zero-order chi connectivity index (χ0) is 17.1. The second-order valence-corrected chi connectivity index (χ2v) is 7.24. The molecule has 0 saturated heterocycles. The van der Waals surface area contributed by atoms with Crippen LogP contribution >= 0.6 is 11.8 Å². The van der Waals surface area contributed by atoms with E-state index in [1.165, 1.54) is 17.7 Å². The van der Waals surface area contributed by atoms with Crippen LogP contribution < -0.4 is 5.32 Å². The lowest BCUT2D eigenvalue weighted by atomic mass is 10.0. The minimum atomic E-state index is -0.260. The fourth-order valence-corrected chi connectivity index (χ4v) is 3.99. The van der Waals surface area contributed by atoms with Crippen molar-refractivity contribution in [1.29, 1.82) is 0 Å². The Morgan fingerprint density at radius 3 is 2.92 bits per heavy atom. The summed E-state index contributed by atoms with van der Waals surface area (Å²) in [4.78, 5) is 15.3. The third-order valence-corrected chi connectivity index (χ3v) is 5.45. The van der Waals surface area contributed by atoms with Gasteiger partial charge in [-0.1, -0.05) is 24.3 Å². The molecule has 1 aliphatic heterocycles. The van der Waals surface area contributed by atoms with Crippen molar-refractivity contribution in [3.8, 4) is 0 Å². The molecule has 0 fully saturated rings. The van der Waals surface area contributed by atoms with Crippen LogP contribution in [-0.2, 0) is 6.54 Å². The van der Waals surface area contributed by atoms with Gasteiger partial charge < -0.3 is 10.2 Å². The van der Waals surface area contributed by atoms with Crippen LogP contribution in [0.1, 0.15) is 29.2 Å². The van der Waals surface area contributed by atoms with E-state index >= 15 is 0 Å². The molecule has 1 heterocycles. The van der Waals surface area contributed by atoms with Crippen molar-refractivity contribution in [2.45, 2.75) is 30.8 Å². The van der Waals surface area contributed by atoms with Gasteiger partial charge in [0.2, 0.25) is 0 Å². The molecular formula is C19H21FN2OS. The number of thioether (sulfide) groups is 1. The number of hydrogen-bond acceptors (Lipinski definition) is 2. The highest BCUT2D eigenvalue weighted by Crippen LogP contribution is 2.36. The van der Waals surface area contributed by atoms with Crippen LogP contribution in [0.3, 0.4) is 0 Å². The van der Waals surface area contributed by atoms with Crippen molar-refractivity contribution >= 4 is 17.8 Å². The van der Waals surface area contributed by atoms with Crippen LogP contribution in [-0.4, -0.2) is 23.7 Å². The largest absolute Gasteiger partial charge is 0.331 e. The topological polar surface area (TPSA) is 32.3 Å². The molecular weight excluding hydrogens is 323 g/mol. The first-order valence-corrected chi connectivity index (χ1v) is 9.01. The second-order valence-electron chi connectivity index (χ2n) is 6.10. The first kappa shape index (κ1) is 16.8. The van der Waals surface area contributed by atoms with E-state index in [4.69, 9.17) is 0 Å². The molecule has 1 N–H and O–H groups in total. The number of carbonyl (C=O) groups is 1. The van der Waals surface area contributed by atoms with Gasteiger partial charge in [0.15, 0.2) is 0 Å². The monoisotopic (exact) mass is 344 g/mol. The molecule has 1 atom stereocenters. The number of nitrogens with one attached hydrogen (secondary N) is 1. The second kappa shape index (κ2) is 7.26. The number of carbonyl (C=O) groups excluding carboxylic acids is 1. The Morgan fingerprint density at radius 2 is 2.12 bits per heavy atom. The summed E-state index contributed by atoms with van der Waals surface area (Å²) in [6, 6.07) is 12.6. The van der Waals surface area contributed by atoms with Gasteiger partial charge in [-0.3, -0.25) is 0 Å². The van der Waals surface area contributed by atoms with Crippen molar-refractivity contribution < 1.29 is 9.18 Å². The number of aryl methyl sites for hydroxylation is 1. The Hall–Kier alpha value is -2.01. The fraction of sp³-hybridized carbons (Fsp3) is 0.316. The number of halogens is 1. The highest BCUT2D eigenvalue weighted by Gasteiger charge is 2.24. The van der Waals surface area contributed by atoms with E-state index in [0.29, 0.717) is 6.54 Å². The van der Waals surface area contributed by atoms with E-state index in [1.807, 2.05) is 31.2 Å². The third-order valence-electron chi connectivity index (χ3n) is 4.32. The number of amides is 2. The molecule has 24 heavy (non-hydrogen) atoms. The normalized spacial score (nSPS) is 16.4. The Kier molecular flexibility index (Phi) is 5.09. The summed E-state index contributed by atoms with van der Waals surface area (Å²) in [5.41, 5.74) is 3.17. The van der Waals surface area contributed by atoms with E-state index < -0.39 is 0 Å². The van der Waals surface area contributed by atoms with Gasteiger partial charge in [-0.25, -0.2) is 9.18 Å². The van der Waals surface area contributed by atoms with Gasteiger partial charge >= 0.3 is 6.03 Å². The summed E-state index contributed by atoms with van der Waals surface area (Å²) in [7, 11) is 1.78. The van der Waals surface area contributed by atoms with Gasteiger partial charge in [-0.15, -0.1) is 11.8 Å². The SMILES string of the molecule is Cc1ccccc1CN(C)C(=O)NC1CCSc2ccc(F)cc21. The zero-order valence-electron chi connectivity index (χ0n) is 13.9. The molecule has 1 aliphatic rings.